The lowest BCUT2D eigenvalue weighted by Gasteiger charge is -2.22. The quantitative estimate of drug-likeness (QED) is 0.736. The predicted molar refractivity (Wildman–Crippen MR) is 69.3 cm³/mol. The molecule has 106 valence electrons. The average molecular weight is 276 g/mol. The zero-order valence-corrected chi connectivity index (χ0v) is 11.9. The maximum atomic E-state index is 12.0. The van der Waals surface area contributed by atoms with Gasteiger partial charge in [-0.15, -0.1) is 0 Å². The van der Waals surface area contributed by atoms with Crippen molar-refractivity contribution < 1.29 is 23.8 Å². The molecule has 1 spiro atoms. The van der Waals surface area contributed by atoms with Crippen molar-refractivity contribution in [3.63, 3.8) is 0 Å². The van der Waals surface area contributed by atoms with E-state index in [4.69, 9.17) is 14.2 Å². The van der Waals surface area contributed by atoms with Crippen LogP contribution in [0.15, 0.2) is 12.1 Å². The van der Waals surface area contributed by atoms with Gasteiger partial charge in [0.2, 0.25) is 0 Å². The van der Waals surface area contributed by atoms with Crippen molar-refractivity contribution in [3.8, 4) is 5.75 Å². The van der Waals surface area contributed by atoms with Crippen LogP contribution in [0, 0.1) is 12.3 Å². The van der Waals surface area contributed by atoms with Crippen LogP contribution in [-0.2, 0) is 20.1 Å². The number of carbonyl (C=O) groups excluding carboxylic acids is 2. The minimum Gasteiger partial charge on any atom is -0.496 e. The van der Waals surface area contributed by atoms with E-state index in [2.05, 4.69) is 0 Å². The van der Waals surface area contributed by atoms with Gasteiger partial charge in [0.25, 0.3) is 5.79 Å². The molecule has 20 heavy (non-hydrogen) atoms. The number of esters is 2. The van der Waals surface area contributed by atoms with E-state index in [1.54, 1.807) is 33.1 Å². The van der Waals surface area contributed by atoms with Gasteiger partial charge < -0.3 is 14.2 Å². The molecule has 1 aromatic carbocycles. The molecule has 1 fully saturated rings. The first-order valence-electron chi connectivity index (χ1n) is 6.45. The molecule has 1 unspecified atom stereocenters. The smallest absolute Gasteiger partial charge is 0.342 e. The van der Waals surface area contributed by atoms with Crippen molar-refractivity contribution in [2.45, 2.75) is 33.0 Å². The van der Waals surface area contributed by atoms with Crippen LogP contribution in [0.5, 0.6) is 5.75 Å². The van der Waals surface area contributed by atoms with Gasteiger partial charge in [-0.1, -0.05) is 0 Å². The summed E-state index contributed by atoms with van der Waals surface area (Å²) >= 11 is 0. The molecule has 2 heterocycles. The number of methoxy groups -OCH3 is 1. The molecule has 1 aromatic rings. The van der Waals surface area contributed by atoms with Gasteiger partial charge in [0.05, 0.1) is 23.7 Å². The fourth-order valence-corrected chi connectivity index (χ4v) is 2.84. The fraction of sp³-hybridized carbons (Fsp3) is 0.467. The van der Waals surface area contributed by atoms with Crippen molar-refractivity contribution in [2.75, 3.05) is 7.11 Å². The van der Waals surface area contributed by atoms with Gasteiger partial charge in [0.1, 0.15) is 5.75 Å². The number of hydrogen-bond donors (Lipinski definition) is 0. The predicted octanol–water partition coefficient (Wildman–Crippen LogP) is 2.30. The van der Waals surface area contributed by atoms with Crippen LogP contribution in [0.4, 0.5) is 0 Å². The largest absolute Gasteiger partial charge is 0.496 e. The van der Waals surface area contributed by atoms with Gasteiger partial charge >= 0.3 is 11.9 Å². The van der Waals surface area contributed by atoms with E-state index >= 15 is 0 Å². The van der Waals surface area contributed by atoms with Crippen molar-refractivity contribution in [1.29, 1.82) is 0 Å². The fourth-order valence-electron chi connectivity index (χ4n) is 2.84. The van der Waals surface area contributed by atoms with Gasteiger partial charge in [-0.05, 0) is 38.5 Å². The van der Waals surface area contributed by atoms with Crippen LogP contribution >= 0.6 is 0 Å². The number of fused-ring (bicyclic) bond motifs is 2. The molecule has 0 saturated carbocycles. The molecule has 3 rings (SSSR count). The lowest BCUT2D eigenvalue weighted by Crippen LogP contribution is -2.25. The standard InChI is InChI=1S/C15H16O5/c1-8-5-9-10(6-11(8)18-4)15(19-12(9)16)7-14(2,3)13(17)20-15/h5-6H,7H2,1-4H3. The van der Waals surface area contributed by atoms with E-state index in [0.29, 0.717) is 23.3 Å². The minimum atomic E-state index is -1.30. The van der Waals surface area contributed by atoms with E-state index in [1.807, 2.05) is 6.92 Å². The van der Waals surface area contributed by atoms with E-state index in [1.165, 1.54) is 0 Å². The third-order valence-corrected chi connectivity index (χ3v) is 3.91. The number of rotatable bonds is 1. The summed E-state index contributed by atoms with van der Waals surface area (Å²) in [5.74, 6) is -1.48. The van der Waals surface area contributed by atoms with E-state index < -0.39 is 17.2 Å². The lowest BCUT2D eigenvalue weighted by molar-refractivity contribution is -0.189. The van der Waals surface area contributed by atoms with Crippen LogP contribution in [0.1, 0.15) is 41.8 Å². The SMILES string of the molecule is COc1cc2c(cc1C)C(=O)OC21CC(C)(C)C(=O)O1. The third-order valence-electron chi connectivity index (χ3n) is 3.91. The van der Waals surface area contributed by atoms with Crippen molar-refractivity contribution in [3.05, 3.63) is 28.8 Å². The monoisotopic (exact) mass is 276 g/mol. The summed E-state index contributed by atoms with van der Waals surface area (Å²) in [7, 11) is 1.56. The van der Waals surface area contributed by atoms with E-state index in [-0.39, 0.29) is 5.97 Å². The second kappa shape index (κ2) is 3.75. The molecule has 5 heteroatoms. The highest BCUT2D eigenvalue weighted by Gasteiger charge is 2.60. The molecule has 0 N–H and O–H groups in total. The van der Waals surface area contributed by atoms with Gasteiger partial charge in [-0.2, -0.15) is 0 Å². The number of hydrogen-bond acceptors (Lipinski definition) is 5. The number of benzene rings is 1. The Bertz CT molecular complexity index is 631. The highest BCUT2D eigenvalue weighted by atomic mass is 16.7. The summed E-state index contributed by atoms with van der Waals surface area (Å²) in [6, 6.07) is 3.44. The second-order valence-electron chi connectivity index (χ2n) is 5.96. The summed E-state index contributed by atoms with van der Waals surface area (Å²) < 4.78 is 16.1. The zero-order valence-electron chi connectivity index (χ0n) is 11.9. The first-order valence-corrected chi connectivity index (χ1v) is 6.45. The van der Waals surface area contributed by atoms with Gasteiger partial charge in [-0.3, -0.25) is 4.79 Å². The maximum Gasteiger partial charge on any atom is 0.342 e. The topological polar surface area (TPSA) is 61.8 Å². The van der Waals surface area contributed by atoms with Gasteiger partial charge in [0.15, 0.2) is 0 Å². The Kier molecular flexibility index (Phi) is 2.43. The molecule has 0 radical (unpaired) electrons. The van der Waals surface area contributed by atoms with Crippen molar-refractivity contribution in [1.82, 2.24) is 0 Å². The van der Waals surface area contributed by atoms with Crippen molar-refractivity contribution in [2.24, 2.45) is 5.41 Å². The molecular formula is C15H16O5. The minimum absolute atomic E-state index is 0.309. The molecule has 0 aliphatic carbocycles. The summed E-state index contributed by atoms with van der Waals surface area (Å²) in [6.45, 7) is 5.41. The summed E-state index contributed by atoms with van der Waals surface area (Å²) in [4.78, 5) is 24.0. The molecule has 1 atom stereocenters. The zero-order chi connectivity index (χ0) is 14.7. The average Bonchev–Trinajstić information content (AvgIpc) is 2.73. The first kappa shape index (κ1) is 13.0. The Labute approximate surface area is 116 Å². The molecule has 0 amide bonds. The van der Waals surface area contributed by atoms with Crippen LogP contribution in [0.25, 0.3) is 0 Å². The summed E-state index contributed by atoms with van der Waals surface area (Å²) in [5.41, 5.74) is 1.17. The van der Waals surface area contributed by atoms with Crippen LogP contribution in [0.2, 0.25) is 0 Å². The highest BCUT2D eigenvalue weighted by Crippen LogP contribution is 2.52. The second-order valence-corrected chi connectivity index (χ2v) is 5.96. The van der Waals surface area contributed by atoms with Crippen LogP contribution < -0.4 is 4.74 Å². The molecule has 5 nitrogen and oxygen atoms in total. The van der Waals surface area contributed by atoms with Gasteiger partial charge in [0, 0.05) is 6.42 Å². The van der Waals surface area contributed by atoms with Crippen LogP contribution in [-0.4, -0.2) is 19.0 Å². The Balaban J connectivity index is 2.17. The maximum absolute atomic E-state index is 12.0. The van der Waals surface area contributed by atoms with Gasteiger partial charge in [-0.25, -0.2) is 4.79 Å². The molecular weight excluding hydrogens is 260 g/mol. The summed E-state index contributed by atoms with van der Waals surface area (Å²) in [6.07, 6.45) is 0.309. The Hall–Kier alpha value is -2.04. The number of carbonyl (C=O) groups is 2. The van der Waals surface area contributed by atoms with E-state index in [0.717, 1.165) is 5.56 Å². The van der Waals surface area contributed by atoms with Crippen molar-refractivity contribution >= 4 is 11.9 Å². The Morgan fingerprint density at radius 2 is 1.90 bits per heavy atom. The first-order chi connectivity index (χ1) is 9.29. The van der Waals surface area contributed by atoms with Crippen LogP contribution in [0.3, 0.4) is 0 Å². The number of aryl methyl sites for hydroxylation is 1. The molecule has 2 aliphatic rings. The van der Waals surface area contributed by atoms with E-state index in [9.17, 15) is 9.59 Å². The summed E-state index contributed by atoms with van der Waals surface area (Å²) in [5, 5.41) is 0. The Morgan fingerprint density at radius 3 is 2.45 bits per heavy atom. The molecule has 1 saturated heterocycles. The molecule has 2 aliphatic heterocycles. The number of ether oxygens (including phenoxy) is 3. The molecule has 0 bridgehead atoms. The Morgan fingerprint density at radius 1 is 1.20 bits per heavy atom. The highest BCUT2D eigenvalue weighted by molar-refractivity contribution is 5.96. The third kappa shape index (κ3) is 1.55. The molecule has 0 aromatic heterocycles. The normalized spacial score (nSPS) is 26.4. The lowest BCUT2D eigenvalue weighted by atomic mass is 9.85.